The number of hydrogen-bond acceptors (Lipinski definition) is 1. The van der Waals surface area contributed by atoms with Gasteiger partial charge in [-0.1, -0.05) is 13.0 Å². The van der Waals surface area contributed by atoms with Crippen LogP contribution in [0.25, 0.3) is 6.08 Å². The number of allylic oxidation sites excluding steroid dienone is 1. The molecular weight excluding hydrogens is 152 g/mol. The van der Waals surface area contributed by atoms with Gasteiger partial charge in [-0.3, -0.25) is 0 Å². The van der Waals surface area contributed by atoms with E-state index >= 15 is 0 Å². The van der Waals surface area contributed by atoms with Gasteiger partial charge in [0.25, 0.3) is 0 Å². The summed E-state index contributed by atoms with van der Waals surface area (Å²) >= 11 is 1.91. The minimum Gasteiger partial charge on any atom is -0.141 e. The number of aryl methyl sites for hydroxylation is 1. The summed E-state index contributed by atoms with van der Waals surface area (Å²) in [6.07, 6.45) is 5.75. The maximum atomic E-state index is 2.33. The monoisotopic (exact) mass is 164 g/mol. The average molecular weight is 164 g/mol. The Hall–Kier alpha value is -0.560. The van der Waals surface area contributed by atoms with Crippen molar-refractivity contribution in [3.63, 3.8) is 0 Å². The smallest absolute Gasteiger partial charge is 0.0304 e. The quantitative estimate of drug-likeness (QED) is 0.550. The number of thiophene rings is 1. The van der Waals surface area contributed by atoms with Gasteiger partial charge in [0.1, 0.15) is 0 Å². The summed E-state index contributed by atoms with van der Waals surface area (Å²) < 4.78 is 0. The van der Waals surface area contributed by atoms with E-state index in [2.05, 4.69) is 32.1 Å². The third kappa shape index (κ3) is 1.14. The lowest BCUT2D eigenvalue weighted by Gasteiger charge is -2.12. The predicted molar refractivity (Wildman–Crippen MR) is 51.1 cm³/mol. The maximum Gasteiger partial charge on any atom is 0.0304 e. The number of hydrogen-bond donors (Lipinski definition) is 0. The first-order chi connectivity index (χ1) is 5.27. The zero-order valence-electron chi connectivity index (χ0n) is 6.92. The highest BCUT2D eigenvalue weighted by atomic mass is 32.1. The van der Waals surface area contributed by atoms with E-state index in [1.54, 1.807) is 5.56 Å². The van der Waals surface area contributed by atoms with Crippen LogP contribution in [0.5, 0.6) is 0 Å². The Morgan fingerprint density at radius 3 is 3.09 bits per heavy atom. The predicted octanol–water partition coefficient (Wildman–Crippen LogP) is 3.58. The Bertz CT molecular complexity index is 294. The van der Waals surface area contributed by atoms with E-state index in [9.17, 15) is 0 Å². The van der Waals surface area contributed by atoms with Gasteiger partial charge in [-0.05, 0) is 37.0 Å². The maximum absolute atomic E-state index is 2.33. The first kappa shape index (κ1) is 7.11. The summed E-state index contributed by atoms with van der Waals surface area (Å²) in [5.74, 6) is 0.736. The van der Waals surface area contributed by atoms with Gasteiger partial charge in [0.2, 0.25) is 0 Å². The molecule has 11 heavy (non-hydrogen) atoms. The van der Waals surface area contributed by atoms with E-state index in [0.717, 1.165) is 5.92 Å². The van der Waals surface area contributed by atoms with Crippen LogP contribution in [-0.4, -0.2) is 0 Å². The molecule has 0 fully saturated rings. The molecule has 0 spiro atoms. The van der Waals surface area contributed by atoms with E-state index < -0.39 is 0 Å². The van der Waals surface area contributed by atoms with E-state index in [1.807, 2.05) is 11.3 Å². The van der Waals surface area contributed by atoms with Crippen molar-refractivity contribution in [1.82, 2.24) is 0 Å². The van der Waals surface area contributed by atoms with Crippen LogP contribution >= 0.6 is 11.3 Å². The lowest BCUT2D eigenvalue weighted by molar-refractivity contribution is 0.776. The molecule has 1 unspecified atom stereocenters. The second-order valence-electron chi connectivity index (χ2n) is 3.22. The van der Waals surface area contributed by atoms with Gasteiger partial charge in [0, 0.05) is 9.75 Å². The molecule has 1 atom stereocenters. The molecule has 1 aromatic rings. The van der Waals surface area contributed by atoms with Crippen molar-refractivity contribution in [3.8, 4) is 0 Å². The van der Waals surface area contributed by atoms with Crippen molar-refractivity contribution < 1.29 is 0 Å². The summed E-state index contributed by atoms with van der Waals surface area (Å²) in [5, 5.41) is 0. The van der Waals surface area contributed by atoms with Gasteiger partial charge in [-0.15, -0.1) is 11.3 Å². The van der Waals surface area contributed by atoms with Crippen LogP contribution < -0.4 is 0 Å². The van der Waals surface area contributed by atoms with Gasteiger partial charge in [-0.2, -0.15) is 0 Å². The third-order valence-corrected chi connectivity index (χ3v) is 3.24. The summed E-state index contributed by atoms with van der Waals surface area (Å²) in [6, 6.07) is 2.33. The minimum atomic E-state index is 0.736. The van der Waals surface area contributed by atoms with Gasteiger partial charge >= 0.3 is 0 Å². The topological polar surface area (TPSA) is 0 Å². The van der Waals surface area contributed by atoms with Crippen LogP contribution in [-0.2, 0) is 0 Å². The fourth-order valence-electron chi connectivity index (χ4n) is 1.57. The SMILES string of the molecule is Cc1cc2c(s1)C=CCC2C. The molecule has 2 rings (SSSR count). The first-order valence-electron chi connectivity index (χ1n) is 4.04. The van der Waals surface area contributed by atoms with Crippen molar-refractivity contribution in [2.75, 3.05) is 0 Å². The standard InChI is InChI=1S/C10H12S/c1-7-4-3-5-10-9(7)6-8(2)11-10/h3,5-7H,4H2,1-2H3. The van der Waals surface area contributed by atoms with E-state index in [4.69, 9.17) is 0 Å². The Morgan fingerprint density at radius 2 is 2.36 bits per heavy atom. The largest absolute Gasteiger partial charge is 0.141 e. The number of rotatable bonds is 0. The summed E-state index contributed by atoms with van der Waals surface area (Å²) in [7, 11) is 0. The van der Waals surface area contributed by atoms with Crippen molar-refractivity contribution >= 4 is 17.4 Å². The molecule has 0 aliphatic heterocycles. The zero-order chi connectivity index (χ0) is 7.84. The Morgan fingerprint density at radius 1 is 1.55 bits per heavy atom. The fourth-order valence-corrected chi connectivity index (χ4v) is 2.65. The first-order valence-corrected chi connectivity index (χ1v) is 4.86. The van der Waals surface area contributed by atoms with Gasteiger partial charge < -0.3 is 0 Å². The average Bonchev–Trinajstić information content (AvgIpc) is 2.31. The molecule has 1 aromatic heterocycles. The molecule has 1 heterocycles. The lowest BCUT2D eigenvalue weighted by atomic mass is 9.94. The highest BCUT2D eigenvalue weighted by molar-refractivity contribution is 7.13. The van der Waals surface area contributed by atoms with Gasteiger partial charge in [0.15, 0.2) is 0 Å². The van der Waals surface area contributed by atoms with Crippen LogP contribution in [0.4, 0.5) is 0 Å². The molecule has 0 saturated heterocycles. The van der Waals surface area contributed by atoms with Crippen molar-refractivity contribution in [2.24, 2.45) is 0 Å². The summed E-state index contributed by atoms with van der Waals surface area (Å²) in [4.78, 5) is 2.91. The Balaban J connectivity index is 2.53. The molecule has 0 radical (unpaired) electrons. The third-order valence-electron chi connectivity index (χ3n) is 2.20. The lowest BCUT2D eigenvalue weighted by Crippen LogP contribution is -1.94. The normalized spacial score (nSPS) is 21.8. The molecule has 0 N–H and O–H groups in total. The minimum absolute atomic E-state index is 0.736. The molecule has 0 bridgehead atoms. The van der Waals surface area contributed by atoms with Crippen molar-refractivity contribution in [2.45, 2.75) is 26.2 Å². The van der Waals surface area contributed by atoms with Crippen LogP contribution in [0, 0.1) is 6.92 Å². The molecule has 0 nitrogen and oxygen atoms in total. The molecule has 1 aliphatic rings. The summed E-state index contributed by atoms with van der Waals surface area (Å²) in [6.45, 7) is 4.48. The fraction of sp³-hybridized carbons (Fsp3) is 0.400. The zero-order valence-corrected chi connectivity index (χ0v) is 7.74. The second kappa shape index (κ2) is 2.49. The molecule has 0 aromatic carbocycles. The highest BCUT2D eigenvalue weighted by Crippen LogP contribution is 2.34. The Labute approximate surface area is 71.6 Å². The van der Waals surface area contributed by atoms with Gasteiger partial charge in [0.05, 0.1) is 0 Å². The molecule has 1 aliphatic carbocycles. The van der Waals surface area contributed by atoms with Crippen LogP contribution in [0.2, 0.25) is 0 Å². The Kier molecular flexibility index (Phi) is 1.61. The molecular formula is C10H12S. The van der Waals surface area contributed by atoms with Crippen molar-refractivity contribution in [1.29, 1.82) is 0 Å². The van der Waals surface area contributed by atoms with E-state index in [0.29, 0.717) is 0 Å². The molecule has 0 amide bonds. The number of fused-ring (bicyclic) bond motifs is 1. The van der Waals surface area contributed by atoms with Gasteiger partial charge in [-0.25, -0.2) is 0 Å². The van der Waals surface area contributed by atoms with Crippen LogP contribution in [0.1, 0.15) is 34.6 Å². The molecule has 0 saturated carbocycles. The van der Waals surface area contributed by atoms with Crippen LogP contribution in [0.15, 0.2) is 12.1 Å². The van der Waals surface area contributed by atoms with Crippen molar-refractivity contribution in [3.05, 3.63) is 27.5 Å². The van der Waals surface area contributed by atoms with E-state index in [1.165, 1.54) is 16.2 Å². The second-order valence-corrected chi connectivity index (χ2v) is 4.50. The van der Waals surface area contributed by atoms with E-state index in [-0.39, 0.29) is 0 Å². The highest BCUT2D eigenvalue weighted by Gasteiger charge is 2.13. The summed E-state index contributed by atoms with van der Waals surface area (Å²) in [5.41, 5.74) is 1.55. The molecule has 58 valence electrons. The van der Waals surface area contributed by atoms with Crippen LogP contribution in [0.3, 0.4) is 0 Å². The molecule has 1 heteroatoms.